The summed E-state index contributed by atoms with van der Waals surface area (Å²) in [5.74, 6) is 0.493. The molecule has 0 atom stereocenters. The minimum Gasteiger partial charge on any atom is -0.393 e. The molecule has 1 aromatic carbocycles. The Morgan fingerprint density at radius 3 is 2.65 bits per heavy atom. The SMILES string of the molecule is OC1CCC(c2cc(N3CCOCC3)cc3ncncc23)CC1. The highest BCUT2D eigenvalue weighted by Gasteiger charge is 2.24. The molecule has 1 N–H and O–H groups in total. The molecule has 5 heteroatoms. The number of rotatable bonds is 2. The highest BCUT2D eigenvalue weighted by Crippen LogP contribution is 2.38. The fourth-order valence-electron chi connectivity index (χ4n) is 3.82. The third-order valence-corrected chi connectivity index (χ3v) is 5.15. The number of aromatic nitrogens is 2. The van der Waals surface area contributed by atoms with Crippen molar-refractivity contribution in [3.05, 3.63) is 30.2 Å². The average molecular weight is 313 g/mol. The molecule has 1 saturated carbocycles. The van der Waals surface area contributed by atoms with Gasteiger partial charge in [0.25, 0.3) is 0 Å². The van der Waals surface area contributed by atoms with Gasteiger partial charge in [0.05, 0.1) is 24.8 Å². The predicted octanol–water partition coefficient (Wildman–Crippen LogP) is 2.48. The molecule has 2 fully saturated rings. The quantitative estimate of drug-likeness (QED) is 0.923. The van der Waals surface area contributed by atoms with E-state index in [2.05, 4.69) is 27.0 Å². The van der Waals surface area contributed by atoms with Crippen LogP contribution in [0.5, 0.6) is 0 Å². The van der Waals surface area contributed by atoms with E-state index in [1.54, 1.807) is 6.33 Å². The van der Waals surface area contributed by atoms with Crippen molar-refractivity contribution in [1.29, 1.82) is 0 Å². The molecule has 1 aliphatic carbocycles. The van der Waals surface area contributed by atoms with Gasteiger partial charge >= 0.3 is 0 Å². The van der Waals surface area contributed by atoms with E-state index in [0.29, 0.717) is 5.92 Å². The van der Waals surface area contributed by atoms with Crippen LogP contribution in [0.3, 0.4) is 0 Å². The zero-order chi connectivity index (χ0) is 15.6. The summed E-state index contributed by atoms with van der Waals surface area (Å²) >= 11 is 0. The number of hydrogen-bond donors (Lipinski definition) is 1. The molecule has 1 aromatic heterocycles. The highest BCUT2D eigenvalue weighted by molar-refractivity contribution is 5.85. The first-order valence-electron chi connectivity index (χ1n) is 8.55. The molecule has 122 valence electrons. The number of fused-ring (bicyclic) bond motifs is 1. The summed E-state index contributed by atoms with van der Waals surface area (Å²) in [6, 6.07) is 4.49. The molecule has 0 bridgehead atoms. The smallest absolute Gasteiger partial charge is 0.116 e. The van der Waals surface area contributed by atoms with E-state index < -0.39 is 0 Å². The van der Waals surface area contributed by atoms with Crippen LogP contribution in [0.4, 0.5) is 5.69 Å². The molecule has 0 spiro atoms. The number of morpholine rings is 1. The number of ether oxygens (including phenoxy) is 1. The van der Waals surface area contributed by atoms with Gasteiger partial charge in [-0.15, -0.1) is 0 Å². The van der Waals surface area contributed by atoms with Crippen LogP contribution in [0, 0.1) is 0 Å². The van der Waals surface area contributed by atoms with Crippen LogP contribution >= 0.6 is 0 Å². The lowest BCUT2D eigenvalue weighted by atomic mass is 9.81. The zero-order valence-corrected chi connectivity index (χ0v) is 13.3. The minimum absolute atomic E-state index is 0.129. The Kier molecular flexibility index (Phi) is 4.14. The lowest BCUT2D eigenvalue weighted by Gasteiger charge is -2.31. The molecule has 5 nitrogen and oxygen atoms in total. The summed E-state index contributed by atoms with van der Waals surface area (Å²) in [7, 11) is 0. The summed E-state index contributed by atoms with van der Waals surface area (Å²) in [5, 5.41) is 11.0. The van der Waals surface area contributed by atoms with Crippen LogP contribution in [0.25, 0.3) is 10.9 Å². The van der Waals surface area contributed by atoms with Crippen LogP contribution in [-0.2, 0) is 4.74 Å². The standard InChI is InChI=1S/C18H23N3O2/c22-15-3-1-13(2-4-15)16-9-14(21-5-7-23-8-6-21)10-18-17(16)11-19-12-20-18/h9-13,15,22H,1-8H2. The van der Waals surface area contributed by atoms with Crippen LogP contribution in [-0.4, -0.2) is 47.5 Å². The van der Waals surface area contributed by atoms with E-state index >= 15 is 0 Å². The molecule has 0 unspecified atom stereocenters. The van der Waals surface area contributed by atoms with E-state index in [1.807, 2.05) is 6.20 Å². The molecular formula is C18H23N3O2. The van der Waals surface area contributed by atoms with E-state index in [9.17, 15) is 5.11 Å². The van der Waals surface area contributed by atoms with Gasteiger partial charge < -0.3 is 14.7 Å². The number of anilines is 1. The lowest BCUT2D eigenvalue weighted by Crippen LogP contribution is -2.36. The summed E-state index contributed by atoms with van der Waals surface area (Å²) in [6.07, 6.45) is 7.29. The summed E-state index contributed by atoms with van der Waals surface area (Å²) in [5.41, 5.74) is 3.60. The first kappa shape index (κ1) is 14.8. The van der Waals surface area contributed by atoms with Gasteiger partial charge in [0, 0.05) is 30.4 Å². The molecule has 23 heavy (non-hydrogen) atoms. The predicted molar refractivity (Wildman–Crippen MR) is 89.8 cm³/mol. The van der Waals surface area contributed by atoms with Gasteiger partial charge in [-0.3, -0.25) is 0 Å². The first-order chi connectivity index (χ1) is 11.3. The molecule has 1 aliphatic heterocycles. The van der Waals surface area contributed by atoms with Crippen molar-refractivity contribution in [2.45, 2.75) is 37.7 Å². The Morgan fingerprint density at radius 1 is 1.09 bits per heavy atom. The summed E-state index contributed by atoms with van der Waals surface area (Å²) < 4.78 is 5.47. The van der Waals surface area contributed by atoms with Crippen molar-refractivity contribution in [3.8, 4) is 0 Å². The maximum absolute atomic E-state index is 9.80. The van der Waals surface area contributed by atoms with Crippen molar-refractivity contribution in [3.63, 3.8) is 0 Å². The zero-order valence-electron chi connectivity index (χ0n) is 13.3. The number of hydrogen-bond acceptors (Lipinski definition) is 5. The maximum Gasteiger partial charge on any atom is 0.116 e. The summed E-state index contributed by atoms with van der Waals surface area (Å²) in [4.78, 5) is 11.1. The molecule has 1 saturated heterocycles. The summed E-state index contributed by atoms with van der Waals surface area (Å²) in [6.45, 7) is 3.43. The van der Waals surface area contributed by atoms with Crippen molar-refractivity contribution < 1.29 is 9.84 Å². The van der Waals surface area contributed by atoms with E-state index in [0.717, 1.165) is 62.9 Å². The lowest BCUT2D eigenvalue weighted by molar-refractivity contribution is 0.122. The van der Waals surface area contributed by atoms with Crippen LogP contribution in [0.2, 0.25) is 0 Å². The van der Waals surface area contributed by atoms with E-state index in [1.165, 1.54) is 11.3 Å². The third-order valence-electron chi connectivity index (χ3n) is 5.15. The fraction of sp³-hybridized carbons (Fsp3) is 0.556. The third kappa shape index (κ3) is 3.03. The second kappa shape index (κ2) is 6.42. The van der Waals surface area contributed by atoms with Gasteiger partial charge in [0.2, 0.25) is 0 Å². The van der Waals surface area contributed by atoms with Crippen molar-refractivity contribution in [2.75, 3.05) is 31.2 Å². The Bertz CT molecular complexity index is 677. The van der Waals surface area contributed by atoms with Gasteiger partial charge in [-0.2, -0.15) is 0 Å². The van der Waals surface area contributed by atoms with Gasteiger partial charge in [-0.05, 0) is 49.3 Å². The fourth-order valence-corrected chi connectivity index (χ4v) is 3.82. The molecule has 2 aromatic rings. The number of benzene rings is 1. The number of aliphatic hydroxyl groups is 1. The molecule has 0 radical (unpaired) electrons. The second-order valence-electron chi connectivity index (χ2n) is 6.60. The molecule has 2 heterocycles. The molecular weight excluding hydrogens is 290 g/mol. The Morgan fingerprint density at radius 2 is 1.87 bits per heavy atom. The van der Waals surface area contributed by atoms with Gasteiger partial charge in [-0.1, -0.05) is 0 Å². The van der Waals surface area contributed by atoms with Crippen LogP contribution < -0.4 is 4.90 Å². The van der Waals surface area contributed by atoms with Gasteiger partial charge in [-0.25, -0.2) is 9.97 Å². The van der Waals surface area contributed by atoms with Crippen molar-refractivity contribution in [2.24, 2.45) is 0 Å². The van der Waals surface area contributed by atoms with Gasteiger partial charge in [0.1, 0.15) is 6.33 Å². The molecule has 0 amide bonds. The Balaban J connectivity index is 1.74. The van der Waals surface area contributed by atoms with Crippen molar-refractivity contribution in [1.82, 2.24) is 9.97 Å². The number of nitrogens with zero attached hydrogens (tertiary/aromatic N) is 3. The monoisotopic (exact) mass is 313 g/mol. The van der Waals surface area contributed by atoms with Crippen LogP contribution in [0.15, 0.2) is 24.7 Å². The second-order valence-corrected chi connectivity index (χ2v) is 6.60. The van der Waals surface area contributed by atoms with Gasteiger partial charge in [0.15, 0.2) is 0 Å². The normalized spacial score (nSPS) is 25.7. The van der Waals surface area contributed by atoms with E-state index in [4.69, 9.17) is 4.74 Å². The average Bonchev–Trinajstić information content (AvgIpc) is 2.62. The highest BCUT2D eigenvalue weighted by atomic mass is 16.5. The Labute approximate surface area is 136 Å². The first-order valence-corrected chi connectivity index (χ1v) is 8.55. The Hall–Kier alpha value is -1.72. The van der Waals surface area contributed by atoms with Crippen molar-refractivity contribution >= 4 is 16.6 Å². The molecule has 2 aliphatic rings. The number of aliphatic hydroxyl groups excluding tert-OH is 1. The molecule has 4 rings (SSSR count). The largest absolute Gasteiger partial charge is 0.393 e. The maximum atomic E-state index is 9.80. The topological polar surface area (TPSA) is 58.5 Å². The van der Waals surface area contributed by atoms with Crippen LogP contribution in [0.1, 0.15) is 37.2 Å². The van der Waals surface area contributed by atoms with E-state index in [-0.39, 0.29) is 6.10 Å². The minimum atomic E-state index is -0.129.